The molecule has 1 aliphatic carbocycles. The first-order chi connectivity index (χ1) is 12.9. The number of primary amides is 1. The summed E-state index contributed by atoms with van der Waals surface area (Å²) in [6.07, 6.45) is 6.67. The fourth-order valence-electron chi connectivity index (χ4n) is 3.13. The number of halogens is 1. The Labute approximate surface area is 155 Å². The Hall–Kier alpha value is -3.34. The zero-order valence-electron chi connectivity index (χ0n) is 14.4. The molecule has 1 unspecified atom stereocenters. The third-order valence-electron chi connectivity index (χ3n) is 4.48. The highest BCUT2D eigenvalue weighted by molar-refractivity contribution is 6.10. The predicted octanol–water partition coefficient (Wildman–Crippen LogP) is 1.84. The van der Waals surface area contributed by atoms with E-state index >= 15 is 0 Å². The van der Waals surface area contributed by atoms with Crippen molar-refractivity contribution in [3.63, 3.8) is 0 Å². The van der Waals surface area contributed by atoms with Crippen molar-refractivity contribution in [2.75, 3.05) is 10.6 Å². The predicted molar refractivity (Wildman–Crippen MR) is 96.2 cm³/mol. The topological polar surface area (TPSA) is 111 Å². The van der Waals surface area contributed by atoms with E-state index in [1.54, 1.807) is 0 Å². The summed E-state index contributed by atoms with van der Waals surface area (Å²) in [6.45, 7) is 0. The molecule has 1 atom stereocenters. The van der Waals surface area contributed by atoms with E-state index in [0.717, 1.165) is 18.9 Å². The zero-order valence-corrected chi connectivity index (χ0v) is 14.4. The second kappa shape index (κ2) is 7.50. The van der Waals surface area contributed by atoms with Crippen LogP contribution in [0, 0.1) is 18.2 Å². The molecule has 27 heavy (non-hydrogen) atoms. The first kappa shape index (κ1) is 18.5. The van der Waals surface area contributed by atoms with Crippen molar-refractivity contribution >= 4 is 29.1 Å². The second-order valence-electron chi connectivity index (χ2n) is 6.31. The van der Waals surface area contributed by atoms with Crippen molar-refractivity contribution in [1.82, 2.24) is 0 Å². The first-order valence-corrected chi connectivity index (χ1v) is 8.48. The lowest BCUT2D eigenvalue weighted by Gasteiger charge is -2.25. The lowest BCUT2D eigenvalue weighted by Crippen LogP contribution is -2.36. The maximum Gasteiger partial charge on any atom is 0.266 e. The number of ether oxygens (including phenoxy) is 1. The van der Waals surface area contributed by atoms with E-state index in [1.807, 2.05) is 0 Å². The lowest BCUT2D eigenvalue weighted by atomic mass is 9.90. The SMILES string of the molecule is C#CCC1Oc2cc(F)c(NC(=O)C3=C(C(N)=O)CCCC3)cc2NC1=O. The van der Waals surface area contributed by atoms with Crippen molar-refractivity contribution in [2.45, 2.75) is 38.2 Å². The van der Waals surface area contributed by atoms with Crippen LogP contribution in [0.25, 0.3) is 0 Å². The number of carbonyl (C=O) groups is 3. The van der Waals surface area contributed by atoms with Crippen molar-refractivity contribution in [1.29, 1.82) is 0 Å². The summed E-state index contributed by atoms with van der Waals surface area (Å²) in [5, 5.41) is 5.03. The third-order valence-corrected chi connectivity index (χ3v) is 4.48. The summed E-state index contributed by atoms with van der Waals surface area (Å²) in [4.78, 5) is 36.0. The number of benzene rings is 1. The van der Waals surface area contributed by atoms with E-state index in [-0.39, 0.29) is 34.7 Å². The Kier molecular flexibility index (Phi) is 5.12. The van der Waals surface area contributed by atoms with Crippen LogP contribution in [0.3, 0.4) is 0 Å². The molecule has 0 saturated heterocycles. The van der Waals surface area contributed by atoms with Crippen molar-refractivity contribution in [3.8, 4) is 18.1 Å². The molecule has 4 N–H and O–H groups in total. The summed E-state index contributed by atoms with van der Waals surface area (Å²) in [5.41, 5.74) is 5.95. The van der Waals surface area contributed by atoms with Gasteiger partial charge in [-0.3, -0.25) is 14.4 Å². The van der Waals surface area contributed by atoms with Crippen molar-refractivity contribution in [2.24, 2.45) is 5.73 Å². The fourth-order valence-corrected chi connectivity index (χ4v) is 3.13. The van der Waals surface area contributed by atoms with E-state index in [9.17, 15) is 18.8 Å². The number of terminal acetylenes is 1. The summed E-state index contributed by atoms with van der Waals surface area (Å²) >= 11 is 0. The summed E-state index contributed by atoms with van der Waals surface area (Å²) in [7, 11) is 0. The number of hydrogen-bond donors (Lipinski definition) is 3. The molecule has 140 valence electrons. The Bertz CT molecular complexity index is 901. The Morgan fingerprint density at radius 1 is 1.33 bits per heavy atom. The molecular weight excluding hydrogens is 353 g/mol. The molecule has 1 aromatic carbocycles. The standard InChI is InChI=1S/C19H18FN3O4/c1-2-5-15-19(26)23-14-9-13(12(20)8-16(14)27-15)22-18(25)11-7-4-3-6-10(11)17(21)24/h1,8-9,15H,3-7H2,(H2,21,24)(H,22,25)(H,23,26). The minimum atomic E-state index is -0.895. The van der Waals surface area contributed by atoms with Gasteiger partial charge in [0.25, 0.3) is 11.8 Å². The van der Waals surface area contributed by atoms with Crippen LogP contribution in [0.2, 0.25) is 0 Å². The molecule has 0 radical (unpaired) electrons. The highest BCUT2D eigenvalue weighted by Crippen LogP contribution is 2.35. The molecule has 0 saturated carbocycles. The number of nitrogens with two attached hydrogens (primary N) is 1. The van der Waals surface area contributed by atoms with Crippen LogP contribution in [0.1, 0.15) is 32.1 Å². The first-order valence-electron chi connectivity index (χ1n) is 8.48. The molecule has 2 aliphatic rings. The third kappa shape index (κ3) is 3.77. The van der Waals surface area contributed by atoms with Crippen LogP contribution in [-0.4, -0.2) is 23.8 Å². The number of fused-ring (bicyclic) bond motifs is 1. The Morgan fingerprint density at radius 3 is 2.70 bits per heavy atom. The largest absolute Gasteiger partial charge is 0.477 e. The van der Waals surface area contributed by atoms with Crippen molar-refractivity contribution in [3.05, 3.63) is 29.1 Å². The normalized spacial score (nSPS) is 18.7. The average molecular weight is 371 g/mol. The van der Waals surface area contributed by atoms with Gasteiger partial charge < -0.3 is 21.1 Å². The average Bonchev–Trinajstić information content (AvgIpc) is 2.64. The molecular formula is C19H18FN3O4. The number of nitrogens with one attached hydrogen (secondary N) is 2. The zero-order chi connectivity index (χ0) is 19.6. The number of amides is 3. The molecule has 3 amide bonds. The highest BCUT2D eigenvalue weighted by Gasteiger charge is 2.29. The number of carbonyl (C=O) groups excluding carboxylic acids is 3. The number of hydrogen-bond acceptors (Lipinski definition) is 4. The quantitative estimate of drug-likeness (QED) is 0.702. The second-order valence-corrected chi connectivity index (χ2v) is 6.31. The van der Waals surface area contributed by atoms with Crippen LogP contribution >= 0.6 is 0 Å². The summed E-state index contributed by atoms with van der Waals surface area (Å²) in [6, 6.07) is 2.33. The van der Waals surface area contributed by atoms with Gasteiger partial charge in [-0.25, -0.2) is 4.39 Å². The van der Waals surface area contributed by atoms with Gasteiger partial charge in [-0.15, -0.1) is 12.3 Å². The van der Waals surface area contributed by atoms with Gasteiger partial charge in [0.15, 0.2) is 11.9 Å². The van der Waals surface area contributed by atoms with Crippen LogP contribution in [0.15, 0.2) is 23.3 Å². The maximum absolute atomic E-state index is 14.4. The summed E-state index contributed by atoms with van der Waals surface area (Å²) < 4.78 is 19.8. The fraction of sp³-hybridized carbons (Fsp3) is 0.316. The van der Waals surface area contributed by atoms with E-state index in [0.29, 0.717) is 12.8 Å². The number of anilines is 2. The van der Waals surface area contributed by atoms with Gasteiger partial charge in [-0.05, 0) is 31.7 Å². The Morgan fingerprint density at radius 2 is 2.04 bits per heavy atom. The van der Waals surface area contributed by atoms with Crippen molar-refractivity contribution < 1.29 is 23.5 Å². The van der Waals surface area contributed by atoms with E-state index in [2.05, 4.69) is 16.6 Å². The molecule has 0 fully saturated rings. The van der Waals surface area contributed by atoms with Gasteiger partial charge in [0.1, 0.15) is 5.75 Å². The minimum Gasteiger partial charge on any atom is -0.477 e. The molecule has 7 nitrogen and oxygen atoms in total. The van der Waals surface area contributed by atoms with Crippen LogP contribution in [0.5, 0.6) is 5.75 Å². The van der Waals surface area contributed by atoms with E-state index in [4.69, 9.17) is 16.9 Å². The highest BCUT2D eigenvalue weighted by atomic mass is 19.1. The van der Waals surface area contributed by atoms with Gasteiger partial charge in [0, 0.05) is 17.2 Å². The molecule has 0 spiro atoms. The molecule has 8 heteroatoms. The Balaban J connectivity index is 1.86. The molecule has 1 aromatic rings. The van der Waals surface area contributed by atoms with Gasteiger partial charge >= 0.3 is 0 Å². The van der Waals surface area contributed by atoms with Crippen LogP contribution in [-0.2, 0) is 14.4 Å². The van der Waals surface area contributed by atoms with Crippen LogP contribution < -0.4 is 21.1 Å². The van der Waals surface area contributed by atoms with Gasteiger partial charge in [0.05, 0.1) is 17.8 Å². The lowest BCUT2D eigenvalue weighted by molar-refractivity contribution is -0.123. The van der Waals surface area contributed by atoms with Gasteiger partial charge in [-0.2, -0.15) is 0 Å². The smallest absolute Gasteiger partial charge is 0.266 e. The summed E-state index contributed by atoms with van der Waals surface area (Å²) in [5.74, 6) is 0.0216. The monoisotopic (exact) mass is 371 g/mol. The maximum atomic E-state index is 14.4. The van der Waals surface area contributed by atoms with E-state index in [1.165, 1.54) is 6.07 Å². The van der Waals surface area contributed by atoms with Gasteiger partial charge in [-0.1, -0.05) is 0 Å². The van der Waals surface area contributed by atoms with E-state index < -0.39 is 29.6 Å². The molecule has 0 aromatic heterocycles. The molecule has 0 bridgehead atoms. The molecule has 3 rings (SSSR count). The molecule has 1 aliphatic heterocycles. The number of rotatable bonds is 4. The van der Waals surface area contributed by atoms with Gasteiger partial charge in [0.2, 0.25) is 5.91 Å². The minimum absolute atomic E-state index is 0.0510. The van der Waals surface area contributed by atoms with Crippen LogP contribution in [0.4, 0.5) is 15.8 Å². The molecule has 1 heterocycles.